The number of nitrogens with one attached hydrogen (secondary N) is 1. The maximum Gasteiger partial charge on any atom is 0.336 e. The van der Waals surface area contributed by atoms with Crippen molar-refractivity contribution < 1.29 is 9.90 Å². The number of carboxylic acids is 1. The molecule has 0 spiro atoms. The number of hydrogen-bond donors (Lipinski definition) is 2. The Morgan fingerprint density at radius 3 is 3.07 bits per heavy atom. The van der Waals surface area contributed by atoms with Gasteiger partial charge in [-0.15, -0.1) is 0 Å². The van der Waals surface area contributed by atoms with Crippen LogP contribution in [0.4, 0.5) is 0 Å². The van der Waals surface area contributed by atoms with Crippen molar-refractivity contribution in [2.45, 2.75) is 19.4 Å². The van der Waals surface area contributed by atoms with Crippen LogP contribution >= 0.6 is 0 Å². The predicted octanol–water partition coefficient (Wildman–Crippen LogP) is 1.42. The molecule has 3 heteroatoms. The third kappa shape index (κ3) is 1.63. The molecule has 0 bridgehead atoms. The molecule has 1 aromatic carbocycles. The largest absolute Gasteiger partial charge is 0.478 e. The topological polar surface area (TPSA) is 49.3 Å². The Hall–Kier alpha value is -1.35. The molecular weight excluding hydrogens is 178 g/mol. The standard InChI is InChI=1S/C11H13NO2/c13-11(14)9-5-1-3-8-4-2-6-12-7-10(8)9/h1,3,5,12H,2,4,6-7H2,(H,13,14). The van der Waals surface area contributed by atoms with Gasteiger partial charge < -0.3 is 10.4 Å². The van der Waals surface area contributed by atoms with Gasteiger partial charge in [0.05, 0.1) is 5.56 Å². The summed E-state index contributed by atoms with van der Waals surface area (Å²) in [5.74, 6) is -0.828. The maximum absolute atomic E-state index is 11.0. The molecule has 0 aromatic heterocycles. The number of hydrogen-bond acceptors (Lipinski definition) is 2. The van der Waals surface area contributed by atoms with Gasteiger partial charge in [0, 0.05) is 6.54 Å². The highest BCUT2D eigenvalue weighted by Crippen LogP contribution is 2.18. The van der Waals surface area contributed by atoms with Gasteiger partial charge in [-0.3, -0.25) is 0 Å². The Morgan fingerprint density at radius 1 is 1.43 bits per heavy atom. The zero-order valence-electron chi connectivity index (χ0n) is 7.92. The number of aryl methyl sites for hydroxylation is 1. The van der Waals surface area contributed by atoms with E-state index in [1.54, 1.807) is 6.07 Å². The quantitative estimate of drug-likeness (QED) is 0.705. The van der Waals surface area contributed by atoms with E-state index < -0.39 is 5.97 Å². The molecule has 14 heavy (non-hydrogen) atoms. The molecule has 2 rings (SSSR count). The van der Waals surface area contributed by atoms with E-state index in [9.17, 15) is 4.79 Å². The van der Waals surface area contributed by atoms with Gasteiger partial charge in [-0.25, -0.2) is 4.79 Å². The van der Waals surface area contributed by atoms with Crippen molar-refractivity contribution in [3.63, 3.8) is 0 Å². The highest BCUT2D eigenvalue weighted by molar-refractivity contribution is 5.89. The van der Waals surface area contributed by atoms with Crippen LogP contribution in [0.2, 0.25) is 0 Å². The zero-order valence-corrected chi connectivity index (χ0v) is 7.92. The molecule has 0 saturated carbocycles. The monoisotopic (exact) mass is 191 g/mol. The number of aromatic carboxylic acids is 1. The maximum atomic E-state index is 11.0. The molecule has 0 unspecified atom stereocenters. The van der Waals surface area contributed by atoms with E-state index in [2.05, 4.69) is 5.32 Å². The van der Waals surface area contributed by atoms with E-state index >= 15 is 0 Å². The van der Waals surface area contributed by atoms with Crippen molar-refractivity contribution in [1.29, 1.82) is 0 Å². The Bertz CT molecular complexity index is 360. The number of carbonyl (C=O) groups is 1. The summed E-state index contributed by atoms with van der Waals surface area (Å²) in [6, 6.07) is 5.52. The molecule has 0 amide bonds. The average Bonchev–Trinajstić information content (AvgIpc) is 2.41. The van der Waals surface area contributed by atoms with Gasteiger partial charge in [-0.1, -0.05) is 12.1 Å². The summed E-state index contributed by atoms with van der Waals surface area (Å²) in [4.78, 5) is 11.0. The molecule has 1 aromatic rings. The molecule has 0 aliphatic carbocycles. The van der Waals surface area contributed by atoms with E-state index in [1.807, 2.05) is 12.1 Å². The number of carboxylic acid groups (broad SMARTS) is 1. The highest BCUT2D eigenvalue weighted by Gasteiger charge is 2.14. The first-order chi connectivity index (χ1) is 6.79. The van der Waals surface area contributed by atoms with E-state index in [1.165, 1.54) is 5.56 Å². The second-order valence-electron chi connectivity index (χ2n) is 3.53. The molecular formula is C11H13NO2. The fourth-order valence-corrected chi connectivity index (χ4v) is 1.90. The number of rotatable bonds is 1. The average molecular weight is 191 g/mol. The zero-order chi connectivity index (χ0) is 9.97. The molecule has 0 fully saturated rings. The molecule has 2 N–H and O–H groups in total. The molecule has 1 aliphatic rings. The summed E-state index contributed by atoms with van der Waals surface area (Å²) >= 11 is 0. The van der Waals surface area contributed by atoms with Crippen molar-refractivity contribution in [2.75, 3.05) is 6.54 Å². The predicted molar refractivity (Wildman–Crippen MR) is 53.4 cm³/mol. The Morgan fingerprint density at radius 2 is 2.29 bits per heavy atom. The molecule has 1 heterocycles. The Labute approximate surface area is 82.8 Å². The van der Waals surface area contributed by atoms with Crippen LogP contribution in [0.25, 0.3) is 0 Å². The van der Waals surface area contributed by atoms with Crippen LogP contribution < -0.4 is 5.32 Å². The van der Waals surface area contributed by atoms with Gasteiger partial charge in [-0.2, -0.15) is 0 Å². The van der Waals surface area contributed by atoms with Gasteiger partial charge in [0.25, 0.3) is 0 Å². The van der Waals surface area contributed by atoms with Crippen LogP contribution in [0.1, 0.15) is 27.9 Å². The van der Waals surface area contributed by atoms with Crippen LogP contribution in [0.3, 0.4) is 0 Å². The van der Waals surface area contributed by atoms with E-state index in [0.717, 1.165) is 24.9 Å². The van der Waals surface area contributed by atoms with Crippen LogP contribution in [-0.2, 0) is 13.0 Å². The van der Waals surface area contributed by atoms with Crippen molar-refractivity contribution in [3.8, 4) is 0 Å². The fraction of sp³-hybridized carbons (Fsp3) is 0.364. The van der Waals surface area contributed by atoms with Crippen molar-refractivity contribution in [3.05, 3.63) is 34.9 Å². The summed E-state index contributed by atoms with van der Waals surface area (Å²) in [6.07, 6.45) is 2.06. The number of fused-ring (bicyclic) bond motifs is 1. The first-order valence-electron chi connectivity index (χ1n) is 4.84. The molecule has 0 saturated heterocycles. The molecule has 3 nitrogen and oxygen atoms in total. The fourth-order valence-electron chi connectivity index (χ4n) is 1.90. The van der Waals surface area contributed by atoms with Gasteiger partial charge in [0.2, 0.25) is 0 Å². The highest BCUT2D eigenvalue weighted by atomic mass is 16.4. The Balaban J connectivity index is 2.47. The molecule has 74 valence electrons. The van der Waals surface area contributed by atoms with Crippen LogP contribution in [0.15, 0.2) is 18.2 Å². The lowest BCUT2D eigenvalue weighted by atomic mass is 9.99. The minimum Gasteiger partial charge on any atom is -0.478 e. The third-order valence-corrected chi connectivity index (χ3v) is 2.60. The second-order valence-corrected chi connectivity index (χ2v) is 3.53. The first kappa shape index (κ1) is 9.21. The SMILES string of the molecule is O=C(O)c1cccc2c1CNCCC2. The van der Waals surface area contributed by atoms with E-state index in [4.69, 9.17) is 5.11 Å². The lowest BCUT2D eigenvalue weighted by Crippen LogP contribution is -2.14. The van der Waals surface area contributed by atoms with Gasteiger partial charge in [0.1, 0.15) is 0 Å². The van der Waals surface area contributed by atoms with Crippen LogP contribution in [0.5, 0.6) is 0 Å². The summed E-state index contributed by atoms with van der Waals surface area (Å²) in [5.41, 5.74) is 2.57. The number of benzene rings is 1. The summed E-state index contributed by atoms with van der Waals surface area (Å²) in [6.45, 7) is 1.64. The lowest BCUT2D eigenvalue weighted by Gasteiger charge is -2.08. The van der Waals surface area contributed by atoms with Crippen molar-refractivity contribution in [1.82, 2.24) is 5.32 Å². The van der Waals surface area contributed by atoms with Crippen LogP contribution in [0, 0.1) is 0 Å². The van der Waals surface area contributed by atoms with E-state index in [-0.39, 0.29) is 0 Å². The summed E-state index contributed by atoms with van der Waals surface area (Å²) in [7, 11) is 0. The van der Waals surface area contributed by atoms with Gasteiger partial charge in [0.15, 0.2) is 0 Å². The molecule has 0 radical (unpaired) electrons. The normalized spacial score (nSPS) is 15.7. The van der Waals surface area contributed by atoms with Crippen LogP contribution in [-0.4, -0.2) is 17.6 Å². The first-order valence-corrected chi connectivity index (χ1v) is 4.84. The van der Waals surface area contributed by atoms with Crippen molar-refractivity contribution >= 4 is 5.97 Å². The van der Waals surface area contributed by atoms with Gasteiger partial charge >= 0.3 is 5.97 Å². The lowest BCUT2D eigenvalue weighted by molar-refractivity contribution is 0.0695. The summed E-state index contributed by atoms with van der Waals surface area (Å²) < 4.78 is 0. The Kier molecular flexibility index (Phi) is 2.50. The minimum atomic E-state index is -0.828. The smallest absolute Gasteiger partial charge is 0.336 e. The molecule has 1 aliphatic heterocycles. The van der Waals surface area contributed by atoms with E-state index in [0.29, 0.717) is 12.1 Å². The second kappa shape index (κ2) is 3.80. The van der Waals surface area contributed by atoms with Crippen molar-refractivity contribution in [2.24, 2.45) is 0 Å². The van der Waals surface area contributed by atoms with Gasteiger partial charge in [-0.05, 0) is 36.6 Å². The minimum absolute atomic E-state index is 0.442. The third-order valence-electron chi connectivity index (χ3n) is 2.60. The summed E-state index contributed by atoms with van der Waals surface area (Å²) in [5, 5.41) is 12.2. The molecule has 0 atom stereocenters.